The van der Waals surface area contributed by atoms with Crippen LogP contribution in [0.1, 0.15) is 38.7 Å². The molecule has 0 amide bonds. The molecule has 0 saturated carbocycles. The summed E-state index contributed by atoms with van der Waals surface area (Å²) in [5.74, 6) is 0.281. The van der Waals surface area contributed by atoms with E-state index in [1.165, 1.54) is 0 Å². The van der Waals surface area contributed by atoms with Crippen molar-refractivity contribution in [1.29, 1.82) is 0 Å². The van der Waals surface area contributed by atoms with Crippen molar-refractivity contribution in [3.05, 3.63) is 28.2 Å². The Morgan fingerprint density at radius 3 is 2.35 bits per heavy atom. The van der Waals surface area contributed by atoms with Gasteiger partial charge in [-0.3, -0.25) is 0 Å². The van der Waals surface area contributed by atoms with Gasteiger partial charge in [0.1, 0.15) is 5.75 Å². The molecule has 0 aliphatic rings. The molecule has 2 atom stereocenters. The summed E-state index contributed by atoms with van der Waals surface area (Å²) in [6.45, 7) is 5.41. The van der Waals surface area contributed by atoms with Crippen molar-refractivity contribution < 1.29 is 17.9 Å². The van der Waals surface area contributed by atoms with Crippen molar-refractivity contribution in [2.45, 2.75) is 51.4 Å². The molecular formula is C14H19BrF3NO. The summed E-state index contributed by atoms with van der Waals surface area (Å²) >= 11 is 3.31. The SMILES string of the molecule is CCC(N)C(Oc1ccc(Br)cc1C(C)C)C(F)(F)F. The van der Waals surface area contributed by atoms with Crippen LogP contribution in [0.3, 0.4) is 0 Å². The van der Waals surface area contributed by atoms with Gasteiger partial charge in [-0.25, -0.2) is 0 Å². The fraction of sp³-hybridized carbons (Fsp3) is 0.571. The zero-order chi connectivity index (χ0) is 15.5. The molecule has 1 aromatic rings. The third kappa shape index (κ3) is 4.38. The molecule has 0 aromatic heterocycles. The zero-order valence-corrected chi connectivity index (χ0v) is 13.3. The highest BCUT2D eigenvalue weighted by molar-refractivity contribution is 9.10. The molecule has 2 unspecified atom stereocenters. The molecule has 0 radical (unpaired) electrons. The van der Waals surface area contributed by atoms with Gasteiger partial charge in [-0.15, -0.1) is 0 Å². The lowest BCUT2D eigenvalue weighted by Gasteiger charge is -2.28. The van der Waals surface area contributed by atoms with Crippen molar-refractivity contribution in [2.75, 3.05) is 0 Å². The largest absolute Gasteiger partial charge is 0.479 e. The molecule has 0 aliphatic carbocycles. The molecule has 0 saturated heterocycles. The van der Waals surface area contributed by atoms with E-state index in [9.17, 15) is 13.2 Å². The van der Waals surface area contributed by atoms with Gasteiger partial charge < -0.3 is 10.5 Å². The number of alkyl halides is 3. The molecule has 20 heavy (non-hydrogen) atoms. The molecule has 114 valence electrons. The Kier molecular flexibility index (Phi) is 5.89. The van der Waals surface area contributed by atoms with Crippen molar-refractivity contribution >= 4 is 15.9 Å². The van der Waals surface area contributed by atoms with Crippen molar-refractivity contribution in [3.63, 3.8) is 0 Å². The Labute approximate surface area is 125 Å². The van der Waals surface area contributed by atoms with Crippen LogP contribution in [0.15, 0.2) is 22.7 Å². The van der Waals surface area contributed by atoms with Crippen molar-refractivity contribution in [1.82, 2.24) is 0 Å². The summed E-state index contributed by atoms with van der Waals surface area (Å²) in [6, 6.07) is 3.89. The van der Waals surface area contributed by atoms with E-state index in [1.807, 2.05) is 13.8 Å². The molecule has 6 heteroatoms. The van der Waals surface area contributed by atoms with Crippen LogP contribution in [0.5, 0.6) is 5.75 Å². The van der Waals surface area contributed by atoms with Gasteiger partial charge in [0.05, 0.1) is 6.04 Å². The number of rotatable bonds is 5. The van der Waals surface area contributed by atoms with Crippen LogP contribution in [0, 0.1) is 0 Å². The molecule has 1 aromatic carbocycles. The summed E-state index contributed by atoms with van der Waals surface area (Å²) in [4.78, 5) is 0. The molecule has 0 bridgehead atoms. The van der Waals surface area contributed by atoms with Gasteiger partial charge >= 0.3 is 6.18 Å². The minimum Gasteiger partial charge on any atom is -0.479 e. The number of benzene rings is 1. The smallest absolute Gasteiger partial charge is 0.426 e. The third-order valence-corrected chi connectivity index (χ3v) is 3.52. The Balaban J connectivity index is 3.11. The first-order valence-electron chi connectivity index (χ1n) is 6.45. The lowest BCUT2D eigenvalue weighted by atomic mass is 10.0. The normalized spacial score (nSPS) is 15.2. The second-order valence-electron chi connectivity index (χ2n) is 4.99. The molecule has 0 aliphatic heterocycles. The Morgan fingerprint density at radius 2 is 1.90 bits per heavy atom. The van der Waals surface area contributed by atoms with Crippen LogP contribution in [-0.4, -0.2) is 18.3 Å². The Morgan fingerprint density at radius 1 is 1.30 bits per heavy atom. The fourth-order valence-corrected chi connectivity index (χ4v) is 2.20. The maximum Gasteiger partial charge on any atom is 0.426 e. The molecule has 0 fully saturated rings. The second kappa shape index (κ2) is 6.80. The van der Waals surface area contributed by atoms with Crippen LogP contribution >= 0.6 is 15.9 Å². The first-order valence-corrected chi connectivity index (χ1v) is 7.24. The Bertz CT molecular complexity index is 449. The summed E-state index contributed by atoms with van der Waals surface area (Å²) < 4.78 is 45.1. The molecule has 2 N–H and O–H groups in total. The number of hydrogen-bond acceptors (Lipinski definition) is 2. The van der Waals surface area contributed by atoms with Crippen LogP contribution < -0.4 is 10.5 Å². The number of nitrogens with two attached hydrogens (primary N) is 1. The lowest BCUT2D eigenvalue weighted by molar-refractivity contribution is -0.201. The van der Waals surface area contributed by atoms with Crippen LogP contribution in [0.25, 0.3) is 0 Å². The summed E-state index contributed by atoms with van der Waals surface area (Å²) in [6.07, 6.45) is -6.29. The highest BCUT2D eigenvalue weighted by Crippen LogP contribution is 2.34. The predicted molar refractivity (Wildman–Crippen MR) is 77.0 cm³/mol. The minimum atomic E-state index is -4.49. The van der Waals surface area contributed by atoms with E-state index < -0.39 is 18.3 Å². The predicted octanol–water partition coefficient (Wildman–Crippen LogP) is 4.62. The summed E-state index contributed by atoms with van der Waals surface area (Å²) in [5, 5.41) is 0. The van der Waals surface area contributed by atoms with Crippen molar-refractivity contribution in [3.8, 4) is 5.75 Å². The zero-order valence-electron chi connectivity index (χ0n) is 11.7. The Hall–Kier alpha value is -0.750. The van der Waals surface area contributed by atoms with E-state index in [0.717, 1.165) is 10.0 Å². The van der Waals surface area contributed by atoms with Gasteiger partial charge in [0, 0.05) is 4.47 Å². The fourth-order valence-electron chi connectivity index (χ4n) is 1.83. The van der Waals surface area contributed by atoms with Gasteiger partial charge in [-0.1, -0.05) is 36.7 Å². The highest BCUT2D eigenvalue weighted by Gasteiger charge is 2.45. The topological polar surface area (TPSA) is 35.2 Å². The number of hydrogen-bond donors (Lipinski definition) is 1. The second-order valence-corrected chi connectivity index (χ2v) is 5.90. The maximum atomic E-state index is 13.0. The monoisotopic (exact) mass is 353 g/mol. The van der Waals surface area contributed by atoms with Gasteiger partial charge in [0.25, 0.3) is 0 Å². The third-order valence-electron chi connectivity index (χ3n) is 3.03. The van der Waals surface area contributed by atoms with E-state index in [4.69, 9.17) is 10.5 Å². The molecule has 1 rings (SSSR count). The van der Waals surface area contributed by atoms with E-state index in [2.05, 4.69) is 15.9 Å². The van der Waals surface area contributed by atoms with Crippen LogP contribution in [0.4, 0.5) is 13.2 Å². The highest BCUT2D eigenvalue weighted by atomic mass is 79.9. The summed E-state index contributed by atoms with van der Waals surface area (Å²) in [5.41, 5.74) is 6.27. The number of ether oxygens (including phenoxy) is 1. The molecule has 0 heterocycles. The van der Waals surface area contributed by atoms with E-state index >= 15 is 0 Å². The van der Waals surface area contributed by atoms with Gasteiger partial charge in [-0.05, 0) is 36.1 Å². The molecule has 0 spiro atoms. The molecule has 2 nitrogen and oxygen atoms in total. The van der Waals surface area contributed by atoms with E-state index in [1.54, 1.807) is 25.1 Å². The minimum absolute atomic E-state index is 0.0502. The van der Waals surface area contributed by atoms with Gasteiger partial charge in [0.2, 0.25) is 6.10 Å². The average Bonchev–Trinajstić information content (AvgIpc) is 2.34. The van der Waals surface area contributed by atoms with Gasteiger partial charge in [-0.2, -0.15) is 13.2 Å². The number of halogens is 4. The average molecular weight is 354 g/mol. The van der Waals surface area contributed by atoms with Crippen LogP contribution in [-0.2, 0) is 0 Å². The quantitative estimate of drug-likeness (QED) is 0.838. The lowest BCUT2D eigenvalue weighted by Crippen LogP contribution is -2.48. The standard InChI is InChI=1S/C14H19BrF3NO/c1-4-11(19)13(14(16,17)18)20-12-6-5-9(15)7-10(12)8(2)3/h5-8,11,13H,4,19H2,1-3H3. The first kappa shape index (κ1) is 17.3. The van der Waals surface area contributed by atoms with E-state index in [0.29, 0.717) is 0 Å². The van der Waals surface area contributed by atoms with Crippen LogP contribution in [0.2, 0.25) is 0 Å². The van der Waals surface area contributed by atoms with Crippen molar-refractivity contribution in [2.24, 2.45) is 5.73 Å². The molecular weight excluding hydrogens is 335 g/mol. The maximum absolute atomic E-state index is 13.0. The van der Waals surface area contributed by atoms with Gasteiger partial charge in [0.15, 0.2) is 0 Å². The van der Waals surface area contributed by atoms with E-state index in [-0.39, 0.29) is 18.1 Å². The summed E-state index contributed by atoms with van der Waals surface area (Å²) in [7, 11) is 0. The first-order chi connectivity index (χ1) is 9.16.